The van der Waals surface area contributed by atoms with Gasteiger partial charge in [-0.15, -0.1) is 0 Å². The van der Waals surface area contributed by atoms with Crippen LogP contribution in [-0.2, 0) is 0 Å². The van der Waals surface area contributed by atoms with Crippen LogP contribution in [0.3, 0.4) is 0 Å². The van der Waals surface area contributed by atoms with Crippen molar-refractivity contribution in [3.8, 4) is 0 Å². The predicted octanol–water partition coefficient (Wildman–Crippen LogP) is 3.22. The van der Waals surface area contributed by atoms with Crippen LogP contribution in [0.25, 0.3) is 0 Å². The Morgan fingerprint density at radius 1 is 1.27 bits per heavy atom. The van der Waals surface area contributed by atoms with Crippen LogP contribution in [0.5, 0.6) is 0 Å². The number of halogens is 2. The van der Waals surface area contributed by atoms with E-state index in [2.05, 4.69) is 43.1 Å². The van der Waals surface area contributed by atoms with Crippen molar-refractivity contribution in [3.05, 3.63) is 63.3 Å². The molecule has 3 rings (SSSR count). The molecule has 7 heteroatoms. The van der Waals surface area contributed by atoms with E-state index in [1.54, 1.807) is 12.3 Å². The highest BCUT2D eigenvalue weighted by Crippen LogP contribution is 2.21. The van der Waals surface area contributed by atoms with Gasteiger partial charge in [-0.1, -0.05) is 41.9 Å². The lowest BCUT2D eigenvalue weighted by Crippen LogP contribution is -2.47. The van der Waals surface area contributed by atoms with E-state index in [0.29, 0.717) is 5.56 Å². The molecule has 26 heavy (non-hydrogen) atoms. The first-order valence-electron chi connectivity index (χ1n) is 8.60. The van der Waals surface area contributed by atoms with Crippen LogP contribution < -0.4 is 5.32 Å². The van der Waals surface area contributed by atoms with Crippen LogP contribution in [0.2, 0.25) is 5.15 Å². The van der Waals surface area contributed by atoms with Crippen LogP contribution in [0.15, 0.2) is 47.1 Å². The third-order valence-electron chi connectivity index (χ3n) is 4.59. The van der Waals surface area contributed by atoms with E-state index < -0.39 is 0 Å². The van der Waals surface area contributed by atoms with Crippen LogP contribution in [0, 0.1) is 0 Å². The number of carbonyl (C=O) groups excluding carboxylic acids is 1. The van der Waals surface area contributed by atoms with E-state index in [0.717, 1.165) is 42.8 Å². The first-order chi connectivity index (χ1) is 12.5. The summed E-state index contributed by atoms with van der Waals surface area (Å²) in [5.74, 6) is -0.216. The predicted molar refractivity (Wildman–Crippen MR) is 108 cm³/mol. The Hall–Kier alpha value is -1.47. The molecule has 1 saturated heterocycles. The first kappa shape index (κ1) is 19.3. The molecule has 1 aromatic carbocycles. The van der Waals surface area contributed by atoms with Gasteiger partial charge in [0.1, 0.15) is 5.15 Å². The molecule has 1 N–H and O–H groups in total. The fraction of sp³-hybridized carbons (Fsp3) is 0.368. The number of carbonyl (C=O) groups is 1. The van der Waals surface area contributed by atoms with Crippen LogP contribution in [-0.4, -0.2) is 60.5 Å². The van der Waals surface area contributed by atoms with Crippen molar-refractivity contribution < 1.29 is 4.79 Å². The number of nitrogens with one attached hydrogen (secondary N) is 1. The zero-order chi connectivity index (χ0) is 18.5. The number of amides is 1. The summed E-state index contributed by atoms with van der Waals surface area (Å²) in [4.78, 5) is 21.6. The summed E-state index contributed by atoms with van der Waals surface area (Å²) in [6, 6.07) is 11.6. The maximum Gasteiger partial charge on any atom is 0.254 e. The third kappa shape index (κ3) is 5.04. The monoisotopic (exact) mass is 436 g/mol. The second kappa shape index (κ2) is 8.95. The number of pyridine rings is 1. The third-order valence-corrected chi connectivity index (χ3v) is 5.33. The Morgan fingerprint density at radius 3 is 2.65 bits per heavy atom. The van der Waals surface area contributed by atoms with Crippen LogP contribution >= 0.6 is 27.5 Å². The highest BCUT2D eigenvalue weighted by molar-refractivity contribution is 9.10. The smallest absolute Gasteiger partial charge is 0.254 e. The maximum absolute atomic E-state index is 12.8. The fourth-order valence-corrected chi connectivity index (χ4v) is 3.55. The number of piperazine rings is 1. The number of hydrogen-bond acceptors (Lipinski definition) is 4. The van der Waals surface area contributed by atoms with Gasteiger partial charge in [0.25, 0.3) is 5.91 Å². The number of nitrogens with zero attached hydrogens (tertiary/aromatic N) is 3. The normalized spacial score (nSPS) is 17.0. The van der Waals surface area contributed by atoms with Gasteiger partial charge in [0, 0.05) is 43.4 Å². The SMILES string of the molecule is CN1CCN(CC(NC(=O)c2cc(Br)cnc2Cl)c2ccccc2)CC1. The molecule has 1 aliphatic rings. The number of benzene rings is 1. The molecule has 0 radical (unpaired) electrons. The molecule has 2 aromatic rings. The molecule has 1 aromatic heterocycles. The molecule has 1 unspecified atom stereocenters. The van der Waals surface area contributed by atoms with Gasteiger partial charge in [-0.05, 0) is 34.6 Å². The van der Waals surface area contributed by atoms with Gasteiger partial charge in [-0.2, -0.15) is 0 Å². The highest BCUT2D eigenvalue weighted by atomic mass is 79.9. The van der Waals surface area contributed by atoms with Crippen molar-refractivity contribution in [1.82, 2.24) is 20.1 Å². The number of rotatable bonds is 5. The zero-order valence-corrected chi connectivity index (χ0v) is 17.0. The Balaban J connectivity index is 1.77. The lowest BCUT2D eigenvalue weighted by molar-refractivity contribution is 0.0907. The minimum absolute atomic E-state index is 0.109. The number of hydrogen-bond donors (Lipinski definition) is 1. The van der Waals surface area contributed by atoms with Crippen molar-refractivity contribution in [2.75, 3.05) is 39.8 Å². The molecular weight excluding hydrogens is 416 g/mol. The Morgan fingerprint density at radius 2 is 1.96 bits per heavy atom. The zero-order valence-electron chi connectivity index (χ0n) is 14.7. The van der Waals surface area contributed by atoms with Gasteiger partial charge in [0.15, 0.2) is 0 Å². The van der Waals surface area contributed by atoms with E-state index in [-0.39, 0.29) is 17.1 Å². The standard InChI is InChI=1S/C19H22BrClN4O/c1-24-7-9-25(10-8-24)13-17(14-5-3-2-4-6-14)23-19(26)16-11-15(20)12-22-18(16)21/h2-6,11-12,17H,7-10,13H2,1H3,(H,23,26). The molecule has 1 amide bonds. The van der Waals surface area contributed by atoms with Gasteiger partial charge < -0.3 is 10.2 Å². The summed E-state index contributed by atoms with van der Waals surface area (Å²) in [5.41, 5.74) is 1.46. The topological polar surface area (TPSA) is 48.5 Å². The summed E-state index contributed by atoms with van der Waals surface area (Å²) in [5, 5.41) is 3.34. The molecule has 2 heterocycles. The Kier molecular flexibility index (Phi) is 6.64. The van der Waals surface area contributed by atoms with Gasteiger partial charge in [0.05, 0.1) is 11.6 Å². The van der Waals surface area contributed by atoms with Crippen molar-refractivity contribution in [1.29, 1.82) is 0 Å². The van der Waals surface area contributed by atoms with Gasteiger partial charge in [-0.25, -0.2) is 4.98 Å². The van der Waals surface area contributed by atoms with Gasteiger partial charge in [0.2, 0.25) is 0 Å². The van der Waals surface area contributed by atoms with E-state index >= 15 is 0 Å². The van der Waals surface area contributed by atoms with Crippen molar-refractivity contribution in [2.45, 2.75) is 6.04 Å². The molecule has 1 fully saturated rings. The first-order valence-corrected chi connectivity index (χ1v) is 9.78. The molecule has 0 aliphatic carbocycles. The van der Waals surface area contributed by atoms with E-state index in [1.165, 1.54) is 0 Å². The Labute approximate surface area is 167 Å². The molecule has 0 spiro atoms. The van der Waals surface area contributed by atoms with Crippen molar-refractivity contribution in [3.63, 3.8) is 0 Å². The van der Waals surface area contributed by atoms with E-state index in [1.807, 2.05) is 30.3 Å². The average molecular weight is 438 g/mol. The molecule has 138 valence electrons. The maximum atomic E-state index is 12.8. The minimum atomic E-state index is -0.216. The summed E-state index contributed by atoms with van der Waals surface area (Å²) in [7, 11) is 2.13. The van der Waals surface area contributed by atoms with Crippen molar-refractivity contribution >= 4 is 33.4 Å². The second-order valence-electron chi connectivity index (χ2n) is 6.53. The number of aromatic nitrogens is 1. The quantitative estimate of drug-likeness (QED) is 0.730. The van der Waals surface area contributed by atoms with E-state index in [4.69, 9.17) is 11.6 Å². The molecule has 0 saturated carbocycles. The summed E-state index contributed by atoms with van der Waals surface area (Å²) >= 11 is 9.47. The van der Waals surface area contributed by atoms with Crippen LogP contribution in [0.4, 0.5) is 0 Å². The molecule has 0 bridgehead atoms. The molecule has 5 nitrogen and oxygen atoms in total. The fourth-order valence-electron chi connectivity index (χ4n) is 3.03. The highest BCUT2D eigenvalue weighted by Gasteiger charge is 2.23. The Bertz CT molecular complexity index is 750. The summed E-state index contributed by atoms with van der Waals surface area (Å²) in [6.07, 6.45) is 1.58. The molecular formula is C19H22BrClN4O. The van der Waals surface area contributed by atoms with Gasteiger partial charge >= 0.3 is 0 Å². The summed E-state index contributed by atoms with van der Waals surface area (Å²) < 4.78 is 0.724. The molecule has 1 aliphatic heterocycles. The van der Waals surface area contributed by atoms with Gasteiger partial charge in [-0.3, -0.25) is 9.69 Å². The average Bonchev–Trinajstić information content (AvgIpc) is 2.65. The molecule has 1 atom stereocenters. The minimum Gasteiger partial charge on any atom is -0.344 e. The number of likely N-dealkylation sites (N-methyl/N-ethyl adjacent to an activating group) is 1. The van der Waals surface area contributed by atoms with E-state index in [9.17, 15) is 4.79 Å². The van der Waals surface area contributed by atoms with Crippen molar-refractivity contribution in [2.24, 2.45) is 0 Å². The second-order valence-corrected chi connectivity index (χ2v) is 7.81. The largest absolute Gasteiger partial charge is 0.344 e. The lowest BCUT2D eigenvalue weighted by atomic mass is 10.1. The van der Waals surface area contributed by atoms with Crippen LogP contribution in [0.1, 0.15) is 22.0 Å². The lowest BCUT2D eigenvalue weighted by Gasteiger charge is -2.35. The summed E-state index contributed by atoms with van der Waals surface area (Å²) in [6.45, 7) is 4.83.